The number of hydrogen-bond acceptors (Lipinski definition) is 4. The van der Waals surface area contributed by atoms with Gasteiger partial charge in [-0.2, -0.15) is 0 Å². The number of rotatable bonds is 4. The number of carboxylic acid groups (broad SMARTS) is 1. The Hall–Kier alpha value is -2.37. The molecular formula is C18H21NO5. The van der Waals surface area contributed by atoms with Crippen LogP contribution >= 0.6 is 0 Å². The topological polar surface area (TPSA) is 92.7 Å². The maximum absolute atomic E-state index is 12.7. The smallest absolute Gasteiger partial charge is 0.337 e. The fourth-order valence-corrected chi connectivity index (χ4v) is 4.24. The predicted molar refractivity (Wildman–Crippen MR) is 86.6 cm³/mol. The van der Waals surface area contributed by atoms with Crippen molar-refractivity contribution in [1.29, 1.82) is 0 Å². The lowest BCUT2D eigenvalue weighted by Gasteiger charge is -2.27. The third-order valence-corrected chi connectivity index (χ3v) is 5.42. The molecular weight excluding hydrogens is 310 g/mol. The lowest BCUT2D eigenvalue weighted by atomic mass is 9.78. The monoisotopic (exact) mass is 331 g/mol. The maximum atomic E-state index is 12.7. The number of aryl methyl sites for hydroxylation is 1. The fourth-order valence-electron chi connectivity index (χ4n) is 4.24. The average molecular weight is 331 g/mol. The molecule has 24 heavy (non-hydrogen) atoms. The van der Waals surface area contributed by atoms with E-state index in [4.69, 9.17) is 4.74 Å². The van der Waals surface area contributed by atoms with E-state index in [0.29, 0.717) is 11.3 Å². The van der Waals surface area contributed by atoms with Crippen LogP contribution in [0.2, 0.25) is 0 Å². The van der Waals surface area contributed by atoms with E-state index in [1.807, 2.05) is 6.92 Å². The fraction of sp³-hybridized carbons (Fsp3) is 0.500. The van der Waals surface area contributed by atoms with E-state index >= 15 is 0 Å². The van der Waals surface area contributed by atoms with Crippen molar-refractivity contribution in [3.05, 3.63) is 29.3 Å². The number of fused-ring (bicyclic) bond motifs is 2. The maximum Gasteiger partial charge on any atom is 0.337 e. The van der Waals surface area contributed by atoms with Gasteiger partial charge in [0.05, 0.1) is 24.5 Å². The van der Waals surface area contributed by atoms with Crippen LogP contribution in [0.5, 0.6) is 0 Å². The average Bonchev–Trinajstić information content (AvgIpc) is 3.17. The van der Waals surface area contributed by atoms with Gasteiger partial charge in [-0.1, -0.05) is 6.07 Å². The Balaban J connectivity index is 1.82. The Kier molecular flexibility index (Phi) is 4.30. The van der Waals surface area contributed by atoms with Gasteiger partial charge in [0, 0.05) is 5.69 Å². The van der Waals surface area contributed by atoms with E-state index in [2.05, 4.69) is 5.32 Å². The van der Waals surface area contributed by atoms with Gasteiger partial charge in [0.1, 0.15) is 0 Å². The van der Waals surface area contributed by atoms with E-state index in [-0.39, 0.29) is 17.7 Å². The number of ether oxygens (including phenoxy) is 1. The molecule has 0 spiro atoms. The first kappa shape index (κ1) is 16.5. The molecule has 1 aromatic rings. The van der Waals surface area contributed by atoms with Crippen molar-refractivity contribution in [3.63, 3.8) is 0 Å². The molecule has 2 bridgehead atoms. The van der Waals surface area contributed by atoms with Gasteiger partial charge in [-0.15, -0.1) is 0 Å². The quantitative estimate of drug-likeness (QED) is 0.827. The van der Waals surface area contributed by atoms with Crippen molar-refractivity contribution in [3.8, 4) is 0 Å². The summed E-state index contributed by atoms with van der Waals surface area (Å²) in [7, 11) is 1.30. The zero-order chi connectivity index (χ0) is 17.4. The van der Waals surface area contributed by atoms with E-state index in [1.165, 1.54) is 7.11 Å². The van der Waals surface area contributed by atoms with Crippen molar-refractivity contribution < 1.29 is 24.2 Å². The Labute approximate surface area is 140 Å². The van der Waals surface area contributed by atoms with Crippen LogP contribution < -0.4 is 5.32 Å². The van der Waals surface area contributed by atoms with Gasteiger partial charge in [0.25, 0.3) is 0 Å². The second kappa shape index (κ2) is 6.26. The Morgan fingerprint density at radius 2 is 1.83 bits per heavy atom. The minimum atomic E-state index is -0.887. The Bertz CT molecular complexity index is 699. The Morgan fingerprint density at radius 3 is 2.46 bits per heavy atom. The highest BCUT2D eigenvalue weighted by molar-refractivity contribution is 5.98. The highest BCUT2D eigenvalue weighted by atomic mass is 16.5. The molecule has 6 nitrogen and oxygen atoms in total. The lowest BCUT2D eigenvalue weighted by molar-refractivity contribution is -0.148. The number of benzene rings is 1. The van der Waals surface area contributed by atoms with Crippen molar-refractivity contribution in [2.45, 2.75) is 26.2 Å². The first-order valence-corrected chi connectivity index (χ1v) is 8.15. The third kappa shape index (κ3) is 2.77. The van der Waals surface area contributed by atoms with E-state index in [9.17, 15) is 19.5 Å². The number of hydrogen-bond donors (Lipinski definition) is 2. The zero-order valence-corrected chi connectivity index (χ0v) is 13.7. The lowest BCUT2D eigenvalue weighted by Crippen LogP contribution is -2.38. The summed E-state index contributed by atoms with van der Waals surface area (Å²) < 4.78 is 4.70. The molecule has 3 rings (SSSR count). The molecule has 2 aliphatic rings. The molecule has 1 amide bonds. The van der Waals surface area contributed by atoms with Crippen LogP contribution in [0, 0.1) is 30.6 Å². The van der Waals surface area contributed by atoms with Crippen molar-refractivity contribution >= 4 is 23.5 Å². The summed E-state index contributed by atoms with van der Waals surface area (Å²) in [5.74, 6) is -2.49. The van der Waals surface area contributed by atoms with Crippen molar-refractivity contribution in [2.75, 3.05) is 12.4 Å². The van der Waals surface area contributed by atoms with Crippen LogP contribution in [0.3, 0.4) is 0 Å². The number of esters is 1. The number of carbonyl (C=O) groups is 3. The van der Waals surface area contributed by atoms with E-state index in [0.717, 1.165) is 24.8 Å². The summed E-state index contributed by atoms with van der Waals surface area (Å²) in [6, 6.07) is 4.94. The summed E-state index contributed by atoms with van der Waals surface area (Å²) >= 11 is 0. The number of amides is 1. The van der Waals surface area contributed by atoms with E-state index in [1.54, 1.807) is 18.2 Å². The molecule has 2 fully saturated rings. The van der Waals surface area contributed by atoms with Crippen LogP contribution in [0.4, 0.5) is 5.69 Å². The molecule has 0 aliphatic heterocycles. The third-order valence-electron chi connectivity index (χ3n) is 5.42. The van der Waals surface area contributed by atoms with E-state index < -0.39 is 23.8 Å². The summed E-state index contributed by atoms with van der Waals surface area (Å²) in [4.78, 5) is 36.0. The van der Waals surface area contributed by atoms with Gasteiger partial charge < -0.3 is 15.2 Å². The molecule has 0 saturated heterocycles. The highest BCUT2D eigenvalue weighted by Crippen LogP contribution is 2.52. The predicted octanol–water partition coefficient (Wildman–Crippen LogP) is 2.47. The molecule has 6 heteroatoms. The van der Waals surface area contributed by atoms with Gasteiger partial charge in [0.2, 0.25) is 5.91 Å². The molecule has 4 atom stereocenters. The molecule has 0 radical (unpaired) electrons. The summed E-state index contributed by atoms with van der Waals surface area (Å²) in [6.07, 6.45) is 2.62. The molecule has 2 aliphatic carbocycles. The van der Waals surface area contributed by atoms with Crippen LogP contribution in [-0.4, -0.2) is 30.1 Å². The van der Waals surface area contributed by atoms with Gasteiger partial charge in [-0.05, 0) is 55.7 Å². The summed E-state index contributed by atoms with van der Waals surface area (Å²) in [5, 5.41) is 12.3. The largest absolute Gasteiger partial charge is 0.481 e. The van der Waals surface area contributed by atoms with Gasteiger partial charge in [0.15, 0.2) is 0 Å². The number of carboxylic acids is 1. The highest BCUT2D eigenvalue weighted by Gasteiger charge is 2.54. The zero-order valence-electron chi connectivity index (χ0n) is 13.7. The normalized spacial score (nSPS) is 27.8. The standard InChI is InChI=1S/C18H21NO5/c1-9-3-4-12(18(23)24-2)8-13(9)19-16(20)14-10-5-6-11(7-10)15(14)17(21)22/h3-4,8,10-11,14-15H,5-7H2,1-2H3,(H,19,20)(H,21,22)/t10-,11-,14-,15+/m0/s1. The van der Waals surface area contributed by atoms with Gasteiger partial charge in [-0.25, -0.2) is 4.79 Å². The summed E-state index contributed by atoms with van der Waals surface area (Å²) in [6.45, 7) is 1.83. The molecule has 0 aromatic heterocycles. The number of anilines is 1. The first-order valence-electron chi connectivity index (χ1n) is 8.15. The number of methoxy groups -OCH3 is 1. The Morgan fingerprint density at radius 1 is 1.17 bits per heavy atom. The molecule has 2 N–H and O–H groups in total. The minimum Gasteiger partial charge on any atom is -0.481 e. The molecule has 128 valence electrons. The van der Waals surface area contributed by atoms with Crippen molar-refractivity contribution in [1.82, 2.24) is 0 Å². The molecule has 2 saturated carbocycles. The van der Waals surface area contributed by atoms with Crippen molar-refractivity contribution in [2.24, 2.45) is 23.7 Å². The van der Waals surface area contributed by atoms with Crippen LogP contribution in [-0.2, 0) is 14.3 Å². The van der Waals surface area contributed by atoms with Crippen LogP contribution in [0.25, 0.3) is 0 Å². The number of aliphatic carboxylic acids is 1. The molecule has 0 heterocycles. The molecule has 1 aromatic carbocycles. The van der Waals surface area contributed by atoms with Crippen LogP contribution in [0.1, 0.15) is 35.2 Å². The summed E-state index contributed by atoms with van der Waals surface area (Å²) in [5.41, 5.74) is 1.68. The second-order valence-corrected chi connectivity index (χ2v) is 6.73. The minimum absolute atomic E-state index is 0.103. The number of carbonyl (C=O) groups excluding carboxylic acids is 2. The van der Waals surface area contributed by atoms with Crippen LogP contribution in [0.15, 0.2) is 18.2 Å². The SMILES string of the molecule is COC(=O)c1ccc(C)c(NC(=O)[C@H]2[C@H]3CC[C@@H](C3)[C@H]2C(=O)O)c1. The molecule has 0 unspecified atom stereocenters. The van der Waals surface area contributed by atoms with Gasteiger partial charge in [-0.3, -0.25) is 9.59 Å². The second-order valence-electron chi connectivity index (χ2n) is 6.73. The van der Waals surface area contributed by atoms with Gasteiger partial charge >= 0.3 is 11.9 Å². The number of nitrogens with one attached hydrogen (secondary N) is 1. The first-order chi connectivity index (χ1) is 11.4.